The van der Waals surface area contributed by atoms with Crippen molar-refractivity contribution in [1.82, 2.24) is 14.9 Å². The predicted octanol–water partition coefficient (Wildman–Crippen LogP) is 2.89. The summed E-state index contributed by atoms with van der Waals surface area (Å²) in [5.41, 5.74) is 1.99. The Morgan fingerprint density at radius 1 is 1.26 bits per heavy atom. The number of hydrogen-bond donors (Lipinski definition) is 1. The van der Waals surface area contributed by atoms with Crippen LogP contribution in [0.3, 0.4) is 0 Å². The number of nitrogens with one attached hydrogen (secondary N) is 1. The van der Waals surface area contributed by atoms with E-state index in [2.05, 4.69) is 24.1 Å². The molecule has 1 fully saturated rings. The van der Waals surface area contributed by atoms with Gasteiger partial charge < -0.3 is 24.6 Å². The lowest BCUT2D eigenvalue weighted by Crippen LogP contribution is -2.41. The average molecular weight is 483 g/mol. The molecule has 2 aliphatic heterocycles. The molecule has 10 heteroatoms. The van der Waals surface area contributed by atoms with E-state index in [0.29, 0.717) is 45.4 Å². The summed E-state index contributed by atoms with van der Waals surface area (Å²) in [6, 6.07) is 6.37. The molecule has 0 aliphatic carbocycles. The summed E-state index contributed by atoms with van der Waals surface area (Å²) >= 11 is 0. The van der Waals surface area contributed by atoms with E-state index < -0.39 is 5.82 Å². The molecule has 0 radical (unpaired) electrons. The minimum absolute atomic E-state index is 0.0515. The van der Waals surface area contributed by atoms with E-state index >= 15 is 0 Å². The molecule has 0 bridgehead atoms. The number of fused-ring (bicyclic) bond motifs is 1. The quantitative estimate of drug-likeness (QED) is 0.643. The maximum absolute atomic E-state index is 14.3. The van der Waals surface area contributed by atoms with Crippen LogP contribution in [0.4, 0.5) is 16.0 Å². The van der Waals surface area contributed by atoms with Crippen LogP contribution in [0.5, 0.6) is 5.75 Å². The number of methoxy groups -OCH3 is 1. The maximum Gasteiger partial charge on any atom is 0.248 e. The van der Waals surface area contributed by atoms with Crippen molar-refractivity contribution in [2.45, 2.75) is 51.8 Å². The molecule has 186 valence electrons. The van der Waals surface area contributed by atoms with Gasteiger partial charge in [-0.2, -0.15) is 5.26 Å². The van der Waals surface area contributed by atoms with E-state index in [0.717, 1.165) is 23.0 Å². The van der Waals surface area contributed by atoms with Crippen molar-refractivity contribution in [2.24, 2.45) is 0 Å². The Labute approximate surface area is 204 Å². The number of carbonyl (C=O) groups excluding carboxylic acids is 1. The summed E-state index contributed by atoms with van der Waals surface area (Å²) in [4.78, 5) is 26.1. The monoisotopic (exact) mass is 482 g/mol. The summed E-state index contributed by atoms with van der Waals surface area (Å²) in [6.07, 6.45) is 1.90. The van der Waals surface area contributed by atoms with Crippen LogP contribution >= 0.6 is 0 Å². The fourth-order valence-electron chi connectivity index (χ4n) is 4.37. The molecule has 1 amide bonds. The fourth-order valence-corrected chi connectivity index (χ4v) is 4.37. The molecule has 2 aliphatic rings. The van der Waals surface area contributed by atoms with E-state index in [1.54, 1.807) is 11.0 Å². The molecule has 35 heavy (non-hydrogen) atoms. The van der Waals surface area contributed by atoms with Gasteiger partial charge in [-0.1, -0.05) is 0 Å². The van der Waals surface area contributed by atoms with Crippen LogP contribution in [0.1, 0.15) is 43.6 Å². The first-order chi connectivity index (χ1) is 16.9. The van der Waals surface area contributed by atoms with Crippen molar-refractivity contribution in [3.05, 3.63) is 41.0 Å². The highest BCUT2D eigenvalue weighted by atomic mass is 19.1. The summed E-state index contributed by atoms with van der Waals surface area (Å²) in [5.74, 6) is 1.09. The van der Waals surface area contributed by atoms with E-state index in [9.17, 15) is 9.18 Å². The van der Waals surface area contributed by atoms with E-state index in [-0.39, 0.29) is 36.0 Å². The highest BCUT2D eigenvalue weighted by molar-refractivity contribution is 5.77. The van der Waals surface area contributed by atoms with E-state index in [1.807, 2.05) is 6.07 Å². The van der Waals surface area contributed by atoms with Crippen LogP contribution in [-0.2, 0) is 22.5 Å². The molecule has 3 heterocycles. The summed E-state index contributed by atoms with van der Waals surface area (Å²) < 4.78 is 25.2. The van der Waals surface area contributed by atoms with Crippen molar-refractivity contribution in [3.63, 3.8) is 0 Å². The van der Waals surface area contributed by atoms with Gasteiger partial charge in [0.1, 0.15) is 12.7 Å². The second kappa shape index (κ2) is 10.9. The molecule has 1 aromatic heterocycles. The molecule has 0 spiro atoms. The van der Waals surface area contributed by atoms with Crippen LogP contribution in [0, 0.1) is 17.1 Å². The first-order valence-corrected chi connectivity index (χ1v) is 11.9. The summed E-state index contributed by atoms with van der Waals surface area (Å²) in [5, 5.41) is 12.3. The highest BCUT2D eigenvalue weighted by Crippen LogP contribution is 2.30. The number of benzene rings is 1. The Kier molecular flexibility index (Phi) is 7.66. The van der Waals surface area contributed by atoms with Gasteiger partial charge in [0, 0.05) is 52.0 Å². The van der Waals surface area contributed by atoms with Gasteiger partial charge in [-0.15, -0.1) is 0 Å². The number of amides is 1. The van der Waals surface area contributed by atoms with Crippen LogP contribution in [-0.4, -0.2) is 66.3 Å². The van der Waals surface area contributed by atoms with Crippen LogP contribution in [0.25, 0.3) is 0 Å². The van der Waals surface area contributed by atoms with Gasteiger partial charge in [0.25, 0.3) is 0 Å². The van der Waals surface area contributed by atoms with Crippen LogP contribution < -0.4 is 15.0 Å². The molecule has 9 nitrogen and oxygen atoms in total. The van der Waals surface area contributed by atoms with Gasteiger partial charge >= 0.3 is 0 Å². The zero-order valence-electron chi connectivity index (χ0n) is 20.4. The summed E-state index contributed by atoms with van der Waals surface area (Å²) in [7, 11) is 1.51. The third-order valence-electron chi connectivity index (χ3n) is 6.13. The lowest BCUT2D eigenvalue weighted by atomic mass is 10.1. The lowest BCUT2D eigenvalue weighted by Gasteiger charge is -2.35. The van der Waals surface area contributed by atoms with Crippen LogP contribution in [0.15, 0.2) is 18.2 Å². The second-order valence-electron chi connectivity index (χ2n) is 9.15. The number of rotatable bonds is 7. The molecule has 1 aromatic carbocycles. The number of nitriles is 1. The van der Waals surface area contributed by atoms with Gasteiger partial charge in [-0.05, 0) is 32.0 Å². The summed E-state index contributed by atoms with van der Waals surface area (Å²) in [6.45, 7) is 6.53. The van der Waals surface area contributed by atoms with E-state index in [4.69, 9.17) is 24.7 Å². The molecule has 0 atom stereocenters. The number of ether oxygens (including phenoxy) is 2. The minimum atomic E-state index is -0.525. The molecular weight excluding hydrogens is 451 g/mol. The Hall–Kier alpha value is -3.45. The number of carbonyl (C=O) groups is 1. The molecule has 1 N–H and O–H groups in total. The van der Waals surface area contributed by atoms with Gasteiger partial charge in [-0.3, -0.25) is 4.79 Å². The smallest absolute Gasteiger partial charge is 0.248 e. The SMILES string of the molecule is COCC(=O)N1CCc2nc(NC(C)C)c(N3CCC(Oc4ccc(C#N)cc4F)CC3)nc2C1. The van der Waals surface area contributed by atoms with Gasteiger partial charge in [0.2, 0.25) is 5.91 Å². The number of piperidine rings is 1. The standard InChI is InChI=1S/C25H31FN6O3/c1-16(2)28-24-25(30-21-14-32(23(33)15-34-3)11-8-20(21)29-24)31-9-6-18(7-10-31)35-22-5-4-17(13-27)12-19(22)26/h4-5,12,16,18H,6-11,14-15H2,1-3H3,(H,28,29). The molecule has 4 rings (SSSR count). The van der Waals surface area contributed by atoms with Crippen molar-refractivity contribution in [2.75, 3.05) is 43.6 Å². The first-order valence-electron chi connectivity index (χ1n) is 11.9. The van der Waals surface area contributed by atoms with Gasteiger partial charge in [0.05, 0.1) is 29.6 Å². The topological polar surface area (TPSA) is 104 Å². The Morgan fingerprint density at radius 2 is 2.03 bits per heavy atom. The molecular formula is C25H31FN6O3. The first kappa shape index (κ1) is 24.7. The number of hydrogen-bond acceptors (Lipinski definition) is 8. The zero-order chi connectivity index (χ0) is 24.9. The van der Waals surface area contributed by atoms with Gasteiger partial charge in [-0.25, -0.2) is 14.4 Å². The Morgan fingerprint density at radius 3 is 2.69 bits per heavy atom. The molecule has 1 saturated heterocycles. The van der Waals surface area contributed by atoms with Crippen molar-refractivity contribution in [1.29, 1.82) is 5.26 Å². The average Bonchev–Trinajstić information content (AvgIpc) is 2.85. The van der Waals surface area contributed by atoms with Crippen molar-refractivity contribution >= 4 is 17.5 Å². The second-order valence-corrected chi connectivity index (χ2v) is 9.15. The predicted molar refractivity (Wildman–Crippen MR) is 129 cm³/mol. The molecule has 2 aromatic rings. The third kappa shape index (κ3) is 5.80. The maximum atomic E-state index is 14.3. The number of nitrogens with zero attached hydrogens (tertiary/aromatic N) is 5. The normalized spacial score (nSPS) is 16.1. The number of halogens is 1. The highest BCUT2D eigenvalue weighted by Gasteiger charge is 2.29. The van der Waals surface area contributed by atoms with Gasteiger partial charge in [0.15, 0.2) is 23.2 Å². The lowest BCUT2D eigenvalue weighted by molar-refractivity contribution is -0.136. The molecule has 0 unspecified atom stereocenters. The fraction of sp³-hybridized carbons (Fsp3) is 0.520. The Bertz CT molecular complexity index is 1110. The minimum Gasteiger partial charge on any atom is -0.487 e. The van der Waals surface area contributed by atoms with Crippen LogP contribution in [0.2, 0.25) is 0 Å². The molecule has 0 saturated carbocycles. The van der Waals surface area contributed by atoms with Crippen molar-refractivity contribution in [3.8, 4) is 11.8 Å². The number of anilines is 2. The van der Waals surface area contributed by atoms with Crippen molar-refractivity contribution < 1.29 is 18.7 Å². The third-order valence-corrected chi connectivity index (χ3v) is 6.13. The zero-order valence-corrected chi connectivity index (χ0v) is 20.4. The Balaban J connectivity index is 1.48. The number of aromatic nitrogens is 2. The van der Waals surface area contributed by atoms with E-state index in [1.165, 1.54) is 19.2 Å². The largest absolute Gasteiger partial charge is 0.487 e.